The van der Waals surface area contributed by atoms with Gasteiger partial charge < -0.3 is 20.3 Å². The van der Waals surface area contributed by atoms with Crippen LogP contribution in [0.25, 0.3) is 0 Å². The molecule has 2 aromatic rings. The minimum atomic E-state index is -0.447. The van der Waals surface area contributed by atoms with Crippen LogP contribution in [0.2, 0.25) is 5.02 Å². The number of ether oxygens (including phenoxy) is 1. The average molecular weight is 555 g/mol. The third-order valence-corrected chi connectivity index (χ3v) is 7.67. The van der Waals surface area contributed by atoms with Gasteiger partial charge in [-0.2, -0.15) is 0 Å². The summed E-state index contributed by atoms with van der Waals surface area (Å²) in [5, 5.41) is 6.27. The number of carbonyl (C=O) groups excluding carboxylic acids is 4. The van der Waals surface area contributed by atoms with Crippen molar-refractivity contribution in [2.45, 2.75) is 51.2 Å². The van der Waals surface area contributed by atoms with Gasteiger partial charge in [0.15, 0.2) is 0 Å². The first-order chi connectivity index (χ1) is 18.9. The van der Waals surface area contributed by atoms with E-state index >= 15 is 0 Å². The fourth-order valence-electron chi connectivity index (χ4n) is 5.21. The Bertz CT molecular complexity index is 1190. The third-order valence-electron chi connectivity index (χ3n) is 7.31. The van der Waals surface area contributed by atoms with E-state index in [4.69, 9.17) is 16.3 Å². The Kier molecular flexibility index (Phi) is 9.95. The van der Waals surface area contributed by atoms with Crippen molar-refractivity contribution in [2.75, 3.05) is 26.8 Å². The minimum Gasteiger partial charge on any atom is -0.385 e. The molecule has 0 radical (unpaired) electrons. The lowest BCUT2D eigenvalue weighted by molar-refractivity contribution is -0.142. The molecule has 1 aliphatic carbocycles. The van der Waals surface area contributed by atoms with E-state index in [2.05, 4.69) is 10.6 Å². The Morgan fingerprint density at radius 1 is 1.03 bits per heavy atom. The fraction of sp³-hybridized carbons (Fsp3) is 0.448. The molecule has 2 N–H and O–H groups in total. The van der Waals surface area contributed by atoms with Crippen LogP contribution in [-0.2, 0) is 27.4 Å². The second-order valence-electron chi connectivity index (χ2n) is 9.96. The Morgan fingerprint density at radius 3 is 2.51 bits per heavy atom. The Labute approximate surface area is 233 Å². The molecule has 0 spiro atoms. The lowest BCUT2D eigenvalue weighted by Crippen LogP contribution is -2.63. The minimum absolute atomic E-state index is 0.0777. The summed E-state index contributed by atoms with van der Waals surface area (Å²) in [4.78, 5) is 54.9. The molecule has 2 fully saturated rings. The van der Waals surface area contributed by atoms with Crippen LogP contribution >= 0.6 is 11.6 Å². The van der Waals surface area contributed by atoms with E-state index in [1.54, 1.807) is 42.3 Å². The predicted octanol–water partition coefficient (Wildman–Crippen LogP) is 3.75. The van der Waals surface area contributed by atoms with Crippen LogP contribution in [0, 0.1) is 5.92 Å². The number of fused-ring (bicyclic) bond motifs is 1. The molecule has 10 heteroatoms. The zero-order valence-corrected chi connectivity index (χ0v) is 22.9. The molecule has 9 nitrogen and oxygen atoms in total. The second-order valence-corrected chi connectivity index (χ2v) is 10.4. The van der Waals surface area contributed by atoms with Gasteiger partial charge in [0, 0.05) is 43.4 Å². The lowest BCUT2D eigenvalue weighted by Gasteiger charge is -2.46. The summed E-state index contributed by atoms with van der Waals surface area (Å²) in [7, 11) is 1.60. The molecule has 5 amide bonds. The van der Waals surface area contributed by atoms with Gasteiger partial charge in [0.1, 0.15) is 6.54 Å². The van der Waals surface area contributed by atoms with Gasteiger partial charge in [0.25, 0.3) is 5.91 Å². The zero-order valence-electron chi connectivity index (χ0n) is 22.2. The van der Waals surface area contributed by atoms with Crippen molar-refractivity contribution in [1.82, 2.24) is 20.4 Å². The molecule has 2 aromatic carbocycles. The fourth-order valence-corrected chi connectivity index (χ4v) is 5.42. The smallest absolute Gasteiger partial charge is 0.327 e. The van der Waals surface area contributed by atoms with Crippen molar-refractivity contribution >= 4 is 35.4 Å². The summed E-state index contributed by atoms with van der Waals surface area (Å²) in [6.45, 7) is 1.30. The molecule has 0 bridgehead atoms. The zero-order chi connectivity index (χ0) is 27.8. The van der Waals surface area contributed by atoms with E-state index in [0.717, 1.165) is 24.0 Å². The molecule has 0 aromatic heterocycles. The standard InChI is InChI=1S/C29H35ClN4O5/c1-39-16-6-15-31-26(35)19-33-25-10-5-3-8-23(25)28(37)34(29(33)38)18-20-11-13-21(14-12-20)27(36)32-17-22-7-2-4-9-24(22)30/h2,4,7,9,11-14,23,25H,3,5-6,8,10,15-19H2,1H3,(H,31,35)(H,32,36). The summed E-state index contributed by atoms with van der Waals surface area (Å²) in [6.07, 6.45) is 3.94. The molecular weight excluding hydrogens is 520 g/mol. The van der Waals surface area contributed by atoms with Crippen LogP contribution in [0.5, 0.6) is 0 Å². The molecule has 4 rings (SSSR count). The van der Waals surface area contributed by atoms with Gasteiger partial charge in [-0.3, -0.25) is 19.3 Å². The van der Waals surface area contributed by atoms with Crippen LogP contribution in [0.4, 0.5) is 4.79 Å². The van der Waals surface area contributed by atoms with Crippen molar-refractivity contribution in [1.29, 1.82) is 0 Å². The average Bonchev–Trinajstić information content (AvgIpc) is 2.95. The predicted molar refractivity (Wildman–Crippen MR) is 147 cm³/mol. The SMILES string of the molecule is COCCCNC(=O)CN1C(=O)N(Cc2ccc(C(=O)NCc3ccccc3Cl)cc2)C(=O)C2CCCCC21. The van der Waals surface area contributed by atoms with Gasteiger partial charge in [-0.25, -0.2) is 4.79 Å². The first kappa shape index (κ1) is 28.6. The highest BCUT2D eigenvalue weighted by Crippen LogP contribution is 2.35. The summed E-state index contributed by atoms with van der Waals surface area (Å²) in [5.41, 5.74) is 2.00. The quantitative estimate of drug-likeness (QED) is 0.411. The number of carbonyl (C=O) groups is 4. The normalized spacial score (nSPS) is 19.0. The van der Waals surface area contributed by atoms with Gasteiger partial charge in [-0.15, -0.1) is 0 Å². The molecule has 1 heterocycles. The van der Waals surface area contributed by atoms with Crippen molar-refractivity contribution < 1.29 is 23.9 Å². The number of benzene rings is 2. The van der Waals surface area contributed by atoms with Crippen molar-refractivity contribution in [3.05, 3.63) is 70.2 Å². The first-order valence-corrected chi connectivity index (χ1v) is 13.7. The van der Waals surface area contributed by atoms with E-state index in [-0.39, 0.29) is 42.8 Å². The highest BCUT2D eigenvalue weighted by atomic mass is 35.5. The maximum atomic E-state index is 13.5. The molecule has 2 atom stereocenters. The molecule has 208 valence electrons. The van der Waals surface area contributed by atoms with Crippen LogP contribution in [-0.4, -0.2) is 66.4 Å². The number of nitrogens with zero attached hydrogens (tertiary/aromatic N) is 2. The molecular formula is C29H35ClN4O5. The molecule has 1 saturated heterocycles. The Balaban J connectivity index is 1.40. The monoisotopic (exact) mass is 554 g/mol. The van der Waals surface area contributed by atoms with Crippen LogP contribution in [0.15, 0.2) is 48.5 Å². The van der Waals surface area contributed by atoms with E-state index in [0.29, 0.717) is 49.5 Å². The molecule has 1 aliphatic heterocycles. The number of halogens is 1. The molecule has 1 saturated carbocycles. The number of methoxy groups -OCH3 is 1. The van der Waals surface area contributed by atoms with Gasteiger partial charge in [-0.1, -0.05) is 54.8 Å². The number of urea groups is 1. The number of nitrogens with one attached hydrogen (secondary N) is 2. The van der Waals surface area contributed by atoms with E-state index in [1.807, 2.05) is 18.2 Å². The highest BCUT2D eigenvalue weighted by molar-refractivity contribution is 6.31. The maximum absolute atomic E-state index is 13.5. The Hall–Kier alpha value is -3.43. The summed E-state index contributed by atoms with van der Waals surface area (Å²) >= 11 is 6.16. The van der Waals surface area contributed by atoms with E-state index in [1.165, 1.54) is 4.90 Å². The maximum Gasteiger partial charge on any atom is 0.327 e. The molecule has 2 unspecified atom stereocenters. The van der Waals surface area contributed by atoms with E-state index < -0.39 is 6.03 Å². The van der Waals surface area contributed by atoms with Crippen LogP contribution in [0.1, 0.15) is 53.6 Å². The number of hydrogen-bond donors (Lipinski definition) is 2. The molecule has 2 aliphatic rings. The first-order valence-electron chi connectivity index (χ1n) is 13.4. The number of amides is 5. The van der Waals surface area contributed by atoms with Crippen molar-refractivity contribution in [3.8, 4) is 0 Å². The topological polar surface area (TPSA) is 108 Å². The second kappa shape index (κ2) is 13.6. The number of hydrogen-bond acceptors (Lipinski definition) is 5. The van der Waals surface area contributed by atoms with Crippen LogP contribution in [0.3, 0.4) is 0 Å². The van der Waals surface area contributed by atoms with Gasteiger partial charge >= 0.3 is 6.03 Å². The van der Waals surface area contributed by atoms with Crippen LogP contribution < -0.4 is 10.6 Å². The Morgan fingerprint density at radius 2 is 1.77 bits per heavy atom. The summed E-state index contributed by atoms with van der Waals surface area (Å²) in [5.74, 6) is -1.000. The van der Waals surface area contributed by atoms with Gasteiger partial charge in [0.2, 0.25) is 11.8 Å². The third kappa shape index (κ3) is 7.16. The largest absolute Gasteiger partial charge is 0.385 e. The summed E-state index contributed by atoms with van der Waals surface area (Å²) in [6, 6.07) is 13.4. The molecule has 39 heavy (non-hydrogen) atoms. The van der Waals surface area contributed by atoms with E-state index in [9.17, 15) is 19.2 Å². The van der Waals surface area contributed by atoms with Gasteiger partial charge in [0.05, 0.1) is 12.5 Å². The van der Waals surface area contributed by atoms with Crippen molar-refractivity contribution in [2.24, 2.45) is 5.92 Å². The number of imide groups is 1. The lowest BCUT2D eigenvalue weighted by atomic mass is 9.81. The van der Waals surface area contributed by atoms with Crippen molar-refractivity contribution in [3.63, 3.8) is 0 Å². The van der Waals surface area contributed by atoms with Gasteiger partial charge in [-0.05, 0) is 48.6 Å². The highest BCUT2D eigenvalue weighted by Gasteiger charge is 2.47. The summed E-state index contributed by atoms with van der Waals surface area (Å²) < 4.78 is 5.01. The number of rotatable bonds is 11.